The number of carbonyl (C=O) groups is 3. The number of carbonyl (C=O) groups excluding carboxylic acids is 2. The first-order valence-corrected chi connectivity index (χ1v) is 10.1. The summed E-state index contributed by atoms with van der Waals surface area (Å²) in [7, 11) is 0. The van der Waals surface area contributed by atoms with Crippen molar-refractivity contribution in [3.63, 3.8) is 0 Å². The predicted molar refractivity (Wildman–Crippen MR) is 102 cm³/mol. The molecule has 25 heavy (non-hydrogen) atoms. The van der Waals surface area contributed by atoms with Crippen LogP contribution in [0.2, 0.25) is 0 Å². The second kappa shape index (κ2) is 12.8. The van der Waals surface area contributed by atoms with Gasteiger partial charge < -0.3 is 10.0 Å². The van der Waals surface area contributed by atoms with Gasteiger partial charge in [0.05, 0.1) is 11.8 Å². The lowest BCUT2D eigenvalue weighted by molar-refractivity contribution is -0.135. The van der Waals surface area contributed by atoms with Gasteiger partial charge in [0.2, 0.25) is 5.91 Å². The lowest BCUT2D eigenvalue weighted by Crippen LogP contribution is -2.42. The quantitative estimate of drug-likeness (QED) is 0.325. The zero-order valence-corrected chi connectivity index (χ0v) is 15.8. The van der Waals surface area contributed by atoms with Crippen LogP contribution >= 0.6 is 11.8 Å². The van der Waals surface area contributed by atoms with Crippen LogP contribution in [0.1, 0.15) is 51.9 Å². The van der Waals surface area contributed by atoms with Crippen molar-refractivity contribution in [2.24, 2.45) is 0 Å². The lowest BCUT2D eigenvalue weighted by Gasteiger charge is -2.33. The van der Waals surface area contributed by atoms with Gasteiger partial charge in [-0.05, 0) is 25.3 Å². The minimum absolute atomic E-state index is 0.0207. The average molecular weight is 368 g/mol. The number of piperidine rings is 1. The van der Waals surface area contributed by atoms with Crippen LogP contribution in [-0.4, -0.2) is 51.8 Å². The summed E-state index contributed by atoms with van der Waals surface area (Å²) in [6.45, 7) is 2.62. The Morgan fingerprint density at radius 2 is 2.12 bits per heavy atom. The van der Waals surface area contributed by atoms with E-state index in [0.29, 0.717) is 25.1 Å². The van der Waals surface area contributed by atoms with Crippen molar-refractivity contribution in [2.75, 3.05) is 18.1 Å². The molecule has 1 N–H and O–H groups in total. The van der Waals surface area contributed by atoms with Crippen LogP contribution < -0.4 is 0 Å². The molecule has 140 valence electrons. The smallest absolute Gasteiger partial charge is 0.313 e. The largest absolute Gasteiger partial charge is 0.481 e. The summed E-state index contributed by atoms with van der Waals surface area (Å²) in [5, 5.41) is 8.58. The predicted octanol–water partition coefficient (Wildman–Crippen LogP) is 3.45. The molecule has 1 atom stereocenters. The highest BCUT2D eigenvalue weighted by Gasteiger charge is 2.25. The molecule has 1 saturated heterocycles. The maximum atomic E-state index is 12.2. The fourth-order valence-corrected chi connectivity index (χ4v) is 3.27. The standard InChI is InChI=1S/C19H29NO4S/c1-2-3-4-9-17(21)12-11-16-8-7-10-18(22)20(16)13-5-6-14-25-15-19(23)24/h5-6,11-12,16H,2-4,7-10,13-15H2,1H3,(H,23,24)/b6-5-,12-11+/t16-/m1/s1. The summed E-state index contributed by atoms with van der Waals surface area (Å²) in [5.41, 5.74) is 0. The van der Waals surface area contributed by atoms with Crippen molar-refractivity contribution in [2.45, 2.75) is 57.9 Å². The van der Waals surface area contributed by atoms with Gasteiger partial charge in [0, 0.05) is 25.1 Å². The summed E-state index contributed by atoms with van der Waals surface area (Å²) >= 11 is 1.32. The zero-order chi connectivity index (χ0) is 18.5. The van der Waals surface area contributed by atoms with Gasteiger partial charge in [-0.2, -0.15) is 0 Å². The number of hydrogen-bond donors (Lipinski definition) is 1. The van der Waals surface area contributed by atoms with E-state index in [2.05, 4.69) is 6.92 Å². The number of allylic oxidation sites excluding steroid dienone is 1. The van der Waals surface area contributed by atoms with Crippen molar-refractivity contribution >= 4 is 29.4 Å². The monoisotopic (exact) mass is 367 g/mol. The maximum Gasteiger partial charge on any atom is 0.313 e. The van der Waals surface area contributed by atoms with Crippen LogP contribution in [0, 0.1) is 0 Å². The van der Waals surface area contributed by atoms with Crippen molar-refractivity contribution in [3.8, 4) is 0 Å². The number of ketones is 1. The van der Waals surface area contributed by atoms with Crippen LogP contribution in [0.3, 0.4) is 0 Å². The first kappa shape index (κ1) is 21.5. The molecule has 0 bridgehead atoms. The van der Waals surface area contributed by atoms with E-state index in [1.54, 1.807) is 11.0 Å². The minimum Gasteiger partial charge on any atom is -0.481 e. The Hall–Kier alpha value is -1.56. The van der Waals surface area contributed by atoms with E-state index >= 15 is 0 Å². The van der Waals surface area contributed by atoms with Crippen LogP contribution in [-0.2, 0) is 14.4 Å². The molecule has 5 nitrogen and oxygen atoms in total. The van der Waals surface area contributed by atoms with Crippen LogP contribution in [0.15, 0.2) is 24.3 Å². The summed E-state index contributed by atoms with van der Waals surface area (Å²) in [5.74, 6) is 0.121. The number of rotatable bonds is 12. The number of likely N-dealkylation sites (tertiary alicyclic amines) is 1. The third kappa shape index (κ3) is 9.48. The molecule has 0 aromatic carbocycles. The Kier molecular flexibility index (Phi) is 11.0. The molecule has 1 aliphatic heterocycles. The van der Waals surface area contributed by atoms with Gasteiger partial charge in [-0.1, -0.05) is 38.0 Å². The number of aliphatic carboxylic acids is 1. The van der Waals surface area contributed by atoms with Gasteiger partial charge in [-0.15, -0.1) is 11.8 Å². The first-order chi connectivity index (χ1) is 12.0. The Labute approximate surface area is 154 Å². The number of amides is 1. The number of carboxylic acids is 1. The Morgan fingerprint density at radius 3 is 2.84 bits per heavy atom. The second-order valence-electron chi connectivity index (χ2n) is 6.17. The molecule has 1 amide bonds. The van der Waals surface area contributed by atoms with Gasteiger partial charge >= 0.3 is 5.97 Å². The lowest BCUT2D eigenvalue weighted by atomic mass is 10.00. The topological polar surface area (TPSA) is 74.7 Å². The Morgan fingerprint density at radius 1 is 1.32 bits per heavy atom. The third-order valence-corrected chi connectivity index (χ3v) is 4.93. The first-order valence-electron chi connectivity index (χ1n) is 8.99. The van der Waals surface area contributed by atoms with Crippen LogP contribution in [0.4, 0.5) is 0 Å². The highest BCUT2D eigenvalue weighted by Crippen LogP contribution is 2.19. The molecule has 1 fully saturated rings. The van der Waals surface area contributed by atoms with Crippen molar-refractivity contribution in [1.29, 1.82) is 0 Å². The van der Waals surface area contributed by atoms with Crippen LogP contribution in [0.25, 0.3) is 0 Å². The molecule has 1 rings (SSSR count). The number of thioether (sulfide) groups is 1. The van der Waals surface area contributed by atoms with E-state index in [-0.39, 0.29) is 23.5 Å². The highest BCUT2D eigenvalue weighted by molar-refractivity contribution is 8.00. The fraction of sp³-hybridized carbons (Fsp3) is 0.632. The van der Waals surface area contributed by atoms with E-state index in [0.717, 1.165) is 32.1 Å². The number of carboxylic acid groups (broad SMARTS) is 1. The van der Waals surface area contributed by atoms with Gasteiger partial charge in [-0.3, -0.25) is 14.4 Å². The molecule has 1 aliphatic rings. The average Bonchev–Trinajstić information content (AvgIpc) is 2.57. The zero-order valence-electron chi connectivity index (χ0n) is 15.0. The van der Waals surface area contributed by atoms with Crippen molar-refractivity contribution in [3.05, 3.63) is 24.3 Å². The summed E-state index contributed by atoms with van der Waals surface area (Å²) in [6, 6.07) is -0.0207. The fourth-order valence-electron chi connectivity index (χ4n) is 2.71. The molecule has 0 aromatic rings. The number of unbranched alkanes of at least 4 members (excludes halogenated alkanes) is 2. The van der Waals surface area contributed by atoms with Gasteiger partial charge in [0.1, 0.15) is 0 Å². The van der Waals surface area contributed by atoms with E-state index in [1.165, 1.54) is 11.8 Å². The molecule has 6 heteroatoms. The number of nitrogens with zero attached hydrogens (tertiary/aromatic N) is 1. The second-order valence-corrected chi connectivity index (χ2v) is 7.20. The molecule has 0 unspecified atom stereocenters. The molecule has 0 aromatic heterocycles. The normalized spacial score (nSPS) is 18.4. The number of hydrogen-bond acceptors (Lipinski definition) is 4. The summed E-state index contributed by atoms with van der Waals surface area (Å²) < 4.78 is 0. The SMILES string of the molecule is CCCCCC(=O)/C=C/[C@H]1CCCC(=O)N1C/C=C\CSCC(=O)O. The third-order valence-electron chi connectivity index (χ3n) is 4.05. The molecule has 0 radical (unpaired) electrons. The highest BCUT2D eigenvalue weighted by atomic mass is 32.2. The van der Waals surface area contributed by atoms with Crippen molar-refractivity contribution in [1.82, 2.24) is 4.90 Å². The van der Waals surface area contributed by atoms with Crippen molar-refractivity contribution < 1.29 is 19.5 Å². The van der Waals surface area contributed by atoms with E-state index < -0.39 is 5.97 Å². The molecule has 0 spiro atoms. The van der Waals surface area contributed by atoms with Gasteiger partial charge in [0.25, 0.3) is 0 Å². The van der Waals surface area contributed by atoms with Gasteiger partial charge in [-0.25, -0.2) is 0 Å². The maximum absolute atomic E-state index is 12.2. The van der Waals surface area contributed by atoms with Gasteiger partial charge in [0.15, 0.2) is 5.78 Å². The van der Waals surface area contributed by atoms with E-state index in [1.807, 2.05) is 18.2 Å². The summed E-state index contributed by atoms with van der Waals surface area (Å²) in [4.78, 5) is 36.3. The molecule has 1 heterocycles. The molecule has 0 aliphatic carbocycles. The molecular weight excluding hydrogens is 338 g/mol. The Balaban J connectivity index is 2.47. The molecule has 0 saturated carbocycles. The summed E-state index contributed by atoms with van der Waals surface area (Å²) in [6.07, 6.45) is 13.3. The minimum atomic E-state index is -0.821. The molecular formula is C19H29NO4S. The van der Waals surface area contributed by atoms with E-state index in [4.69, 9.17) is 5.11 Å². The Bertz CT molecular complexity index is 502. The van der Waals surface area contributed by atoms with E-state index in [9.17, 15) is 14.4 Å². The van der Waals surface area contributed by atoms with Crippen LogP contribution in [0.5, 0.6) is 0 Å².